The van der Waals surface area contributed by atoms with Crippen LogP contribution in [0.15, 0.2) is 78.9 Å². The molecule has 0 saturated heterocycles. The summed E-state index contributed by atoms with van der Waals surface area (Å²) in [4.78, 5) is 22.7. The van der Waals surface area contributed by atoms with Crippen LogP contribution < -0.4 is 5.32 Å². The molecular formula is C37H36N4O. The molecule has 2 aliphatic carbocycles. The number of benzene rings is 3. The van der Waals surface area contributed by atoms with E-state index in [4.69, 9.17) is 9.97 Å². The third-order valence-corrected chi connectivity index (χ3v) is 10.1. The molecule has 1 aliphatic heterocycles. The summed E-state index contributed by atoms with van der Waals surface area (Å²) >= 11 is 0. The molecule has 2 saturated carbocycles. The number of carbonyl (C=O) groups excluding carboxylic acids is 1. The number of fused-ring (bicyclic) bond motifs is 5. The Kier molecular flexibility index (Phi) is 5.85. The molecular weight excluding hydrogens is 516 g/mol. The van der Waals surface area contributed by atoms with E-state index in [2.05, 4.69) is 96.5 Å². The summed E-state index contributed by atoms with van der Waals surface area (Å²) in [5.74, 6) is 2.90. The highest BCUT2D eigenvalue weighted by atomic mass is 16.1. The number of amides is 1. The molecule has 1 amide bonds. The first-order valence-corrected chi connectivity index (χ1v) is 15.4. The summed E-state index contributed by atoms with van der Waals surface area (Å²) in [6.07, 6.45) is 4.68. The van der Waals surface area contributed by atoms with E-state index in [0.29, 0.717) is 29.4 Å². The van der Waals surface area contributed by atoms with E-state index in [1.54, 1.807) is 7.05 Å². The van der Waals surface area contributed by atoms with Crippen LogP contribution in [0.3, 0.4) is 0 Å². The number of nitrogens with zero attached hydrogens (tertiary/aromatic N) is 3. The van der Waals surface area contributed by atoms with Crippen LogP contribution in [0, 0.1) is 19.8 Å². The minimum Gasteiger partial charge on any atom is -0.354 e. The standard InChI is InChI=1S/C37H36N4O/c1-21-13-14-22(2)27(19-21)35-32-31(23-9-5-4-6-10-23)33(32)36-40-28-17-15-25(20-30(28)41(35)36)26-16-18-29(37(42)38-3)39-34(26)24-11-7-8-12-24/h4-6,9-10,13-20,24,31-33,35H,7-8,11-12H2,1-3H3,(H,38,42)/t31-,32-,33+,35-/m0/s1. The van der Waals surface area contributed by atoms with Gasteiger partial charge >= 0.3 is 0 Å². The van der Waals surface area contributed by atoms with Crippen LogP contribution in [-0.2, 0) is 0 Å². The molecule has 5 aromatic rings. The molecule has 1 N–H and O–H groups in total. The Bertz CT molecular complexity index is 1850. The number of nitrogens with one attached hydrogen (secondary N) is 1. The van der Waals surface area contributed by atoms with Crippen molar-refractivity contribution in [2.45, 2.75) is 63.3 Å². The molecule has 3 aliphatic rings. The number of carbonyl (C=O) groups is 1. The lowest BCUT2D eigenvalue weighted by atomic mass is 9.92. The Morgan fingerprint density at radius 3 is 2.48 bits per heavy atom. The van der Waals surface area contributed by atoms with Crippen molar-refractivity contribution in [3.8, 4) is 11.1 Å². The fraction of sp³-hybridized carbons (Fsp3) is 0.324. The molecule has 8 rings (SSSR count). The molecule has 2 aromatic heterocycles. The first-order chi connectivity index (χ1) is 20.5. The lowest BCUT2D eigenvalue weighted by Crippen LogP contribution is -2.20. The van der Waals surface area contributed by atoms with Gasteiger partial charge in [0.25, 0.3) is 5.91 Å². The van der Waals surface area contributed by atoms with E-state index in [-0.39, 0.29) is 11.9 Å². The van der Waals surface area contributed by atoms with Crippen molar-refractivity contribution < 1.29 is 4.79 Å². The van der Waals surface area contributed by atoms with Crippen molar-refractivity contribution in [1.82, 2.24) is 19.9 Å². The number of aromatic nitrogens is 3. The Balaban J connectivity index is 1.29. The minimum absolute atomic E-state index is 0.131. The highest BCUT2D eigenvalue weighted by Crippen LogP contribution is 2.71. The second-order valence-corrected chi connectivity index (χ2v) is 12.6. The van der Waals surface area contributed by atoms with Crippen LogP contribution in [0.5, 0.6) is 0 Å². The lowest BCUT2D eigenvalue weighted by Gasteiger charge is -2.23. The fourth-order valence-electron chi connectivity index (χ4n) is 8.05. The zero-order chi connectivity index (χ0) is 28.5. The summed E-state index contributed by atoms with van der Waals surface area (Å²) in [7, 11) is 1.67. The first-order valence-electron chi connectivity index (χ1n) is 15.4. The van der Waals surface area contributed by atoms with Gasteiger partial charge in [-0.3, -0.25) is 4.79 Å². The molecule has 5 heteroatoms. The SMILES string of the molecule is CNC(=O)c1ccc(-c2ccc3nc4n(c3c2)[C@@H](c2cc(C)ccc2C)[C@H]2[C@H](c3ccccc3)[C@@H]42)c(C2CCCC2)n1. The topological polar surface area (TPSA) is 59.8 Å². The van der Waals surface area contributed by atoms with Crippen LogP contribution in [0.25, 0.3) is 22.2 Å². The number of hydrogen-bond donors (Lipinski definition) is 1. The van der Waals surface area contributed by atoms with E-state index in [1.165, 1.54) is 46.4 Å². The van der Waals surface area contributed by atoms with Gasteiger partial charge in [0, 0.05) is 30.4 Å². The summed E-state index contributed by atoms with van der Waals surface area (Å²) in [6, 6.07) is 28.8. The molecule has 0 spiro atoms. The molecule has 0 radical (unpaired) electrons. The fourth-order valence-corrected chi connectivity index (χ4v) is 8.05. The molecule has 5 nitrogen and oxygen atoms in total. The Morgan fingerprint density at radius 2 is 1.69 bits per heavy atom. The number of aryl methyl sites for hydroxylation is 2. The summed E-state index contributed by atoms with van der Waals surface area (Å²) in [6.45, 7) is 4.45. The Labute approximate surface area is 247 Å². The molecule has 3 aromatic carbocycles. The zero-order valence-electron chi connectivity index (χ0n) is 24.5. The Hall–Kier alpha value is -4.25. The monoisotopic (exact) mass is 552 g/mol. The van der Waals surface area contributed by atoms with E-state index in [1.807, 2.05) is 6.07 Å². The van der Waals surface area contributed by atoms with Crippen molar-refractivity contribution in [3.63, 3.8) is 0 Å². The van der Waals surface area contributed by atoms with E-state index in [9.17, 15) is 4.79 Å². The maximum atomic E-state index is 12.5. The third kappa shape index (κ3) is 3.86. The van der Waals surface area contributed by atoms with E-state index in [0.717, 1.165) is 35.2 Å². The Morgan fingerprint density at radius 1 is 0.881 bits per heavy atom. The van der Waals surface area contributed by atoms with Crippen molar-refractivity contribution in [2.75, 3.05) is 7.05 Å². The van der Waals surface area contributed by atoms with Crippen molar-refractivity contribution >= 4 is 16.9 Å². The van der Waals surface area contributed by atoms with Gasteiger partial charge in [-0.15, -0.1) is 0 Å². The van der Waals surface area contributed by atoms with Gasteiger partial charge in [0.2, 0.25) is 0 Å². The number of pyridine rings is 1. The van der Waals surface area contributed by atoms with E-state index < -0.39 is 0 Å². The maximum Gasteiger partial charge on any atom is 0.269 e. The molecule has 0 bridgehead atoms. The zero-order valence-corrected chi connectivity index (χ0v) is 24.5. The van der Waals surface area contributed by atoms with Crippen LogP contribution in [0.4, 0.5) is 0 Å². The maximum absolute atomic E-state index is 12.5. The van der Waals surface area contributed by atoms with Gasteiger partial charge in [-0.05, 0) is 73.1 Å². The molecule has 0 unspecified atom stereocenters. The number of rotatable bonds is 5. The summed E-state index contributed by atoms with van der Waals surface area (Å²) < 4.78 is 2.55. The van der Waals surface area contributed by atoms with Crippen molar-refractivity contribution in [2.24, 2.45) is 5.92 Å². The van der Waals surface area contributed by atoms with Gasteiger partial charge in [0.05, 0.1) is 22.8 Å². The number of imidazole rings is 1. The van der Waals surface area contributed by atoms with Gasteiger partial charge in [0.1, 0.15) is 11.5 Å². The van der Waals surface area contributed by atoms with Crippen LogP contribution in [0.2, 0.25) is 0 Å². The molecule has 2 fully saturated rings. The van der Waals surface area contributed by atoms with Crippen molar-refractivity contribution in [3.05, 3.63) is 118 Å². The van der Waals surface area contributed by atoms with Gasteiger partial charge in [-0.25, -0.2) is 9.97 Å². The summed E-state index contributed by atoms with van der Waals surface area (Å²) in [5.41, 5.74) is 11.6. The second kappa shape index (κ2) is 9.65. The molecule has 4 atom stereocenters. The average molecular weight is 553 g/mol. The number of hydrogen-bond acceptors (Lipinski definition) is 3. The predicted octanol–water partition coefficient (Wildman–Crippen LogP) is 7.83. The molecule has 42 heavy (non-hydrogen) atoms. The third-order valence-electron chi connectivity index (χ3n) is 10.1. The normalized spacial score (nSPS) is 22.7. The van der Waals surface area contributed by atoms with Crippen LogP contribution in [-0.4, -0.2) is 27.5 Å². The van der Waals surface area contributed by atoms with E-state index >= 15 is 0 Å². The van der Waals surface area contributed by atoms with Gasteiger partial charge in [-0.2, -0.15) is 0 Å². The predicted molar refractivity (Wildman–Crippen MR) is 167 cm³/mol. The molecule has 210 valence electrons. The van der Waals surface area contributed by atoms with Gasteiger partial charge < -0.3 is 9.88 Å². The summed E-state index contributed by atoms with van der Waals surface area (Å²) in [5, 5.41) is 2.75. The average Bonchev–Trinajstić information content (AvgIpc) is 3.33. The van der Waals surface area contributed by atoms with Crippen LogP contribution in [0.1, 0.15) is 93.7 Å². The van der Waals surface area contributed by atoms with Crippen molar-refractivity contribution in [1.29, 1.82) is 0 Å². The minimum atomic E-state index is -0.131. The lowest BCUT2D eigenvalue weighted by molar-refractivity contribution is 0.0958. The first kappa shape index (κ1) is 25.5. The molecule has 3 heterocycles. The largest absolute Gasteiger partial charge is 0.354 e. The van der Waals surface area contributed by atoms with Crippen LogP contribution >= 0.6 is 0 Å². The van der Waals surface area contributed by atoms with Gasteiger partial charge in [-0.1, -0.05) is 79.1 Å². The second-order valence-electron chi connectivity index (χ2n) is 12.6. The quantitative estimate of drug-likeness (QED) is 0.242. The smallest absolute Gasteiger partial charge is 0.269 e. The highest BCUT2D eigenvalue weighted by Gasteiger charge is 2.63. The highest BCUT2D eigenvalue weighted by molar-refractivity contribution is 5.93. The van der Waals surface area contributed by atoms with Gasteiger partial charge in [0.15, 0.2) is 0 Å².